The van der Waals surface area contributed by atoms with Crippen LogP contribution in [0.5, 0.6) is 0 Å². The molecule has 0 bridgehead atoms. The number of aromatic amines is 1. The molecule has 0 radical (unpaired) electrons. The molecule has 0 fully saturated rings. The molecular weight excluding hydrogens is 352 g/mol. The van der Waals surface area contributed by atoms with Gasteiger partial charge in [0.15, 0.2) is 11.2 Å². The third-order valence-electron chi connectivity index (χ3n) is 4.51. The van der Waals surface area contributed by atoms with Crippen LogP contribution in [0.2, 0.25) is 0 Å². The number of imidazole rings is 1. The minimum absolute atomic E-state index is 0.205. The maximum Gasteiger partial charge on any atom is 0.209 e. The molecular formula is C21H12N6O. The average molecular weight is 364 g/mol. The molecule has 0 amide bonds. The van der Waals surface area contributed by atoms with E-state index in [1.807, 2.05) is 35.0 Å². The van der Waals surface area contributed by atoms with Crippen LogP contribution in [0.1, 0.15) is 5.56 Å². The molecule has 0 unspecified atom stereocenters. The number of aromatic nitrogens is 5. The third kappa shape index (κ3) is 2.52. The van der Waals surface area contributed by atoms with Gasteiger partial charge in [0.05, 0.1) is 23.0 Å². The van der Waals surface area contributed by atoms with Crippen molar-refractivity contribution in [3.8, 4) is 28.6 Å². The number of nitrogens with one attached hydrogen (secondary N) is 1. The molecule has 0 saturated carbocycles. The fraction of sp³-hybridized carbons (Fsp3) is 0. The number of rotatable bonds is 2. The van der Waals surface area contributed by atoms with Crippen molar-refractivity contribution in [3.63, 3.8) is 0 Å². The van der Waals surface area contributed by atoms with Gasteiger partial charge in [0.25, 0.3) is 0 Å². The van der Waals surface area contributed by atoms with Gasteiger partial charge >= 0.3 is 0 Å². The SMILES string of the molecule is N#Cc1cccc(-c2nc3[nH]ccc(=O)c3nc2-c2ccc3nccn3c2)c1. The van der Waals surface area contributed by atoms with E-state index in [0.29, 0.717) is 22.6 Å². The van der Waals surface area contributed by atoms with Crippen LogP contribution in [0.4, 0.5) is 0 Å². The average Bonchev–Trinajstić information content (AvgIpc) is 3.21. The molecule has 0 saturated heterocycles. The van der Waals surface area contributed by atoms with Crippen LogP contribution in [0, 0.1) is 11.3 Å². The topological polar surface area (TPSA) is 99.7 Å². The van der Waals surface area contributed by atoms with E-state index in [2.05, 4.69) is 26.0 Å². The van der Waals surface area contributed by atoms with Gasteiger partial charge in [-0.25, -0.2) is 15.0 Å². The van der Waals surface area contributed by atoms with Crippen LogP contribution < -0.4 is 5.43 Å². The summed E-state index contributed by atoms with van der Waals surface area (Å²) in [5.41, 5.74) is 4.49. The number of pyridine rings is 2. The minimum atomic E-state index is -0.205. The highest BCUT2D eigenvalue weighted by molar-refractivity contribution is 5.84. The number of hydrogen-bond acceptors (Lipinski definition) is 5. The van der Waals surface area contributed by atoms with Crippen LogP contribution >= 0.6 is 0 Å². The van der Waals surface area contributed by atoms with Crippen molar-refractivity contribution in [2.45, 2.75) is 0 Å². The van der Waals surface area contributed by atoms with E-state index in [0.717, 1.165) is 16.8 Å². The summed E-state index contributed by atoms with van der Waals surface area (Å²) in [4.78, 5) is 28.9. The molecule has 0 aliphatic carbocycles. The Kier molecular flexibility index (Phi) is 3.49. The Morgan fingerprint density at radius 1 is 1.04 bits per heavy atom. The Bertz CT molecular complexity index is 1460. The number of H-pyrrole nitrogens is 1. The summed E-state index contributed by atoms with van der Waals surface area (Å²) in [6.45, 7) is 0. The molecule has 132 valence electrons. The highest BCUT2D eigenvalue weighted by Crippen LogP contribution is 2.30. The zero-order valence-electron chi connectivity index (χ0n) is 14.5. The molecule has 4 aromatic heterocycles. The van der Waals surface area contributed by atoms with E-state index in [1.54, 1.807) is 30.6 Å². The van der Waals surface area contributed by atoms with E-state index in [9.17, 15) is 10.1 Å². The first-order valence-electron chi connectivity index (χ1n) is 8.56. The molecule has 5 rings (SSSR count). The zero-order valence-corrected chi connectivity index (χ0v) is 14.5. The second kappa shape index (κ2) is 6.14. The van der Waals surface area contributed by atoms with Crippen molar-refractivity contribution in [3.05, 3.63) is 83.0 Å². The van der Waals surface area contributed by atoms with Gasteiger partial charge in [0.1, 0.15) is 5.65 Å². The Labute approximate surface area is 158 Å². The van der Waals surface area contributed by atoms with Crippen LogP contribution in [-0.4, -0.2) is 24.3 Å². The number of fused-ring (bicyclic) bond motifs is 2. The summed E-state index contributed by atoms with van der Waals surface area (Å²) < 4.78 is 1.88. The van der Waals surface area contributed by atoms with Crippen molar-refractivity contribution < 1.29 is 0 Å². The van der Waals surface area contributed by atoms with Crippen LogP contribution in [0.15, 0.2) is 72.0 Å². The molecule has 1 N–H and O–H groups in total. The Balaban J connectivity index is 1.85. The predicted octanol–water partition coefficient (Wildman–Crippen LogP) is 3.17. The number of hydrogen-bond donors (Lipinski definition) is 1. The van der Waals surface area contributed by atoms with Crippen molar-refractivity contribution in [2.75, 3.05) is 0 Å². The summed E-state index contributed by atoms with van der Waals surface area (Å²) in [6.07, 6.45) is 7.00. The van der Waals surface area contributed by atoms with Gasteiger partial charge in [0.2, 0.25) is 5.43 Å². The molecule has 0 spiro atoms. The smallest absolute Gasteiger partial charge is 0.209 e. The molecule has 0 aliphatic rings. The molecule has 1 aromatic carbocycles. The maximum absolute atomic E-state index is 12.3. The van der Waals surface area contributed by atoms with Crippen LogP contribution in [0.25, 0.3) is 39.3 Å². The molecule has 0 aliphatic heterocycles. The number of nitriles is 1. The van der Waals surface area contributed by atoms with Crippen molar-refractivity contribution in [1.29, 1.82) is 5.26 Å². The van der Waals surface area contributed by atoms with E-state index in [-0.39, 0.29) is 10.9 Å². The van der Waals surface area contributed by atoms with Crippen molar-refractivity contribution >= 4 is 16.8 Å². The summed E-state index contributed by atoms with van der Waals surface area (Å²) in [5.74, 6) is 0. The van der Waals surface area contributed by atoms with E-state index >= 15 is 0 Å². The number of benzene rings is 1. The Morgan fingerprint density at radius 3 is 2.82 bits per heavy atom. The van der Waals surface area contributed by atoms with Gasteiger partial charge in [-0.3, -0.25) is 4.79 Å². The summed E-state index contributed by atoms with van der Waals surface area (Å²) in [5, 5.41) is 9.25. The van der Waals surface area contributed by atoms with E-state index in [4.69, 9.17) is 0 Å². The largest absolute Gasteiger partial charge is 0.345 e. The highest BCUT2D eigenvalue weighted by atomic mass is 16.1. The summed E-state index contributed by atoms with van der Waals surface area (Å²) in [7, 11) is 0. The second-order valence-corrected chi connectivity index (χ2v) is 6.26. The van der Waals surface area contributed by atoms with Gasteiger partial charge < -0.3 is 9.38 Å². The first-order chi connectivity index (χ1) is 13.7. The first-order valence-corrected chi connectivity index (χ1v) is 8.56. The Morgan fingerprint density at radius 2 is 1.93 bits per heavy atom. The fourth-order valence-electron chi connectivity index (χ4n) is 3.18. The lowest BCUT2D eigenvalue weighted by Gasteiger charge is -2.11. The third-order valence-corrected chi connectivity index (χ3v) is 4.51. The summed E-state index contributed by atoms with van der Waals surface area (Å²) in [6, 6.07) is 14.5. The molecule has 0 atom stereocenters. The van der Waals surface area contributed by atoms with E-state index < -0.39 is 0 Å². The lowest BCUT2D eigenvalue weighted by Crippen LogP contribution is -2.07. The molecule has 4 heterocycles. The van der Waals surface area contributed by atoms with Gasteiger partial charge in [0, 0.05) is 42.0 Å². The highest BCUT2D eigenvalue weighted by Gasteiger charge is 2.16. The molecule has 28 heavy (non-hydrogen) atoms. The van der Waals surface area contributed by atoms with Crippen LogP contribution in [-0.2, 0) is 0 Å². The molecule has 7 nitrogen and oxygen atoms in total. The minimum Gasteiger partial charge on any atom is -0.345 e. The van der Waals surface area contributed by atoms with Crippen molar-refractivity contribution in [2.24, 2.45) is 0 Å². The predicted molar refractivity (Wildman–Crippen MR) is 104 cm³/mol. The van der Waals surface area contributed by atoms with Gasteiger partial charge in [-0.1, -0.05) is 12.1 Å². The monoisotopic (exact) mass is 364 g/mol. The first kappa shape index (κ1) is 15.9. The van der Waals surface area contributed by atoms with Crippen molar-refractivity contribution in [1.82, 2.24) is 24.3 Å². The van der Waals surface area contributed by atoms with Gasteiger partial charge in [-0.05, 0) is 24.3 Å². The second-order valence-electron chi connectivity index (χ2n) is 6.26. The summed E-state index contributed by atoms with van der Waals surface area (Å²) >= 11 is 0. The quantitative estimate of drug-likeness (QED) is 0.519. The fourth-order valence-corrected chi connectivity index (χ4v) is 3.18. The number of nitrogens with zero attached hydrogens (tertiary/aromatic N) is 5. The van der Waals surface area contributed by atoms with Gasteiger partial charge in [-0.2, -0.15) is 5.26 Å². The molecule has 5 aromatic rings. The lowest BCUT2D eigenvalue weighted by atomic mass is 10.0. The standard InChI is InChI=1S/C21H12N6O/c22-11-13-2-1-3-14(10-13)18-19(15-4-5-17-23-8-9-27(17)12-15)25-20-16(28)6-7-24-21(20)26-18/h1-10,12H,(H,24,26,28). The normalized spacial score (nSPS) is 11.0. The maximum atomic E-state index is 12.3. The Hall–Kier alpha value is -4.31. The van der Waals surface area contributed by atoms with Gasteiger partial charge in [-0.15, -0.1) is 0 Å². The molecule has 7 heteroatoms. The zero-order chi connectivity index (χ0) is 19.1. The van der Waals surface area contributed by atoms with E-state index in [1.165, 1.54) is 6.07 Å². The van der Waals surface area contributed by atoms with Crippen LogP contribution in [0.3, 0.4) is 0 Å². The lowest BCUT2D eigenvalue weighted by molar-refractivity contribution is 1.17.